The summed E-state index contributed by atoms with van der Waals surface area (Å²) in [6, 6.07) is 0. The van der Waals surface area contributed by atoms with Crippen LogP contribution in [0.5, 0.6) is 0 Å². The Morgan fingerprint density at radius 2 is 2.00 bits per heavy atom. The number of ether oxygens (including phenoxy) is 3. The highest BCUT2D eigenvalue weighted by molar-refractivity contribution is 5.46. The van der Waals surface area contributed by atoms with E-state index in [1.54, 1.807) is 12.0 Å². The predicted octanol–water partition coefficient (Wildman–Crippen LogP) is -1.13. The Morgan fingerprint density at radius 1 is 1.26 bits per heavy atom. The summed E-state index contributed by atoms with van der Waals surface area (Å²) in [5, 5.41) is 17.9. The Hall–Kier alpha value is -0.730. The van der Waals surface area contributed by atoms with Gasteiger partial charge in [0, 0.05) is 33.9 Å². The summed E-state index contributed by atoms with van der Waals surface area (Å²) in [7, 11) is 3.15. The van der Waals surface area contributed by atoms with Gasteiger partial charge in [-0.2, -0.15) is 0 Å². The summed E-state index contributed by atoms with van der Waals surface area (Å²) in [4.78, 5) is 12.5. The quantitative estimate of drug-likeness (QED) is 0.327. The van der Waals surface area contributed by atoms with Gasteiger partial charge in [-0.05, 0) is 6.42 Å². The zero-order valence-corrected chi connectivity index (χ0v) is 11.7. The van der Waals surface area contributed by atoms with Crippen LogP contribution in [-0.2, 0) is 19.0 Å². The summed E-state index contributed by atoms with van der Waals surface area (Å²) >= 11 is 0. The number of hydrogen-bond acceptors (Lipinski definition) is 6. The third kappa shape index (κ3) is 9.80. The molecule has 7 heteroatoms. The Labute approximate surface area is 114 Å². The van der Waals surface area contributed by atoms with Crippen molar-refractivity contribution in [2.75, 3.05) is 53.7 Å². The van der Waals surface area contributed by atoms with Crippen LogP contribution in [0, 0.1) is 0 Å². The van der Waals surface area contributed by atoms with Crippen molar-refractivity contribution in [3.63, 3.8) is 0 Å². The maximum atomic E-state index is 10.9. The SMILES string of the molecule is COCCCN(C=O)CC(COC)OCC(O)CO. The molecule has 2 unspecified atom stereocenters. The molecule has 114 valence electrons. The number of aliphatic hydroxyl groups is 2. The first-order chi connectivity index (χ1) is 9.17. The van der Waals surface area contributed by atoms with E-state index in [4.69, 9.17) is 19.3 Å². The van der Waals surface area contributed by atoms with Crippen molar-refractivity contribution in [3.8, 4) is 0 Å². The molecule has 7 nitrogen and oxygen atoms in total. The molecular weight excluding hydrogens is 254 g/mol. The van der Waals surface area contributed by atoms with Crippen LogP contribution in [0.15, 0.2) is 0 Å². The first-order valence-corrected chi connectivity index (χ1v) is 6.25. The van der Waals surface area contributed by atoms with E-state index >= 15 is 0 Å². The van der Waals surface area contributed by atoms with Crippen LogP contribution in [0.1, 0.15) is 6.42 Å². The zero-order chi connectivity index (χ0) is 14.5. The van der Waals surface area contributed by atoms with Crippen molar-refractivity contribution >= 4 is 6.41 Å². The zero-order valence-electron chi connectivity index (χ0n) is 11.7. The fourth-order valence-corrected chi connectivity index (χ4v) is 1.50. The van der Waals surface area contributed by atoms with Gasteiger partial charge in [0.1, 0.15) is 6.10 Å². The van der Waals surface area contributed by atoms with Crippen molar-refractivity contribution in [1.29, 1.82) is 0 Å². The topological polar surface area (TPSA) is 88.5 Å². The Kier molecular flexibility index (Phi) is 11.8. The summed E-state index contributed by atoms with van der Waals surface area (Å²) in [6.45, 7) is 1.50. The molecule has 0 aliphatic carbocycles. The lowest BCUT2D eigenvalue weighted by Crippen LogP contribution is -2.38. The summed E-state index contributed by atoms with van der Waals surface area (Å²) < 4.78 is 15.3. The Morgan fingerprint density at radius 3 is 2.53 bits per heavy atom. The maximum absolute atomic E-state index is 10.9. The second kappa shape index (κ2) is 12.3. The van der Waals surface area contributed by atoms with E-state index < -0.39 is 6.10 Å². The molecule has 0 aromatic heterocycles. The van der Waals surface area contributed by atoms with Gasteiger partial charge in [-0.3, -0.25) is 4.79 Å². The van der Waals surface area contributed by atoms with Gasteiger partial charge in [0.25, 0.3) is 0 Å². The number of carbonyl (C=O) groups is 1. The van der Waals surface area contributed by atoms with Gasteiger partial charge in [-0.25, -0.2) is 0 Å². The van der Waals surface area contributed by atoms with E-state index in [0.29, 0.717) is 26.3 Å². The largest absolute Gasteiger partial charge is 0.394 e. The average Bonchev–Trinajstić information content (AvgIpc) is 2.43. The van der Waals surface area contributed by atoms with Crippen LogP contribution in [-0.4, -0.2) is 87.5 Å². The smallest absolute Gasteiger partial charge is 0.209 e. The molecule has 1 amide bonds. The van der Waals surface area contributed by atoms with Crippen molar-refractivity contribution in [2.45, 2.75) is 18.6 Å². The van der Waals surface area contributed by atoms with E-state index in [0.717, 1.165) is 12.8 Å². The molecule has 0 aromatic rings. The number of nitrogens with zero attached hydrogens (tertiary/aromatic N) is 1. The second-order valence-corrected chi connectivity index (χ2v) is 4.19. The van der Waals surface area contributed by atoms with Gasteiger partial charge in [0.2, 0.25) is 6.41 Å². The summed E-state index contributed by atoms with van der Waals surface area (Å²) in [5.74, 6) is 0. The normalized spacial score (nSPS) is 14.1. The predicted molar refractivity (Wildman–Crippen MR) is 68.8 cm³/mol. The van der Waals surface area contributed by atoms with E-state index in [9.17, 15) is 9.90 Å². The van der Waals surface area contributed by atoms with Crippen molar-refractivity contribution < 1.29 is 29.2 Å². The lowest BCUT2D eigenvalue weighted by atomic mass is 10.3. The second-order valence-electron chi connectivity index (χ2n) is 4.19. The molecule has 0 saturated carbocycles. The minimum absolute atomic E-state index is 0.00922. The average molecular weight is 279 g/mol. The van der Waals surface area contributed by atoms with Crippen molar-refractivity contribution in [3.05, 3.63) is 0 Å². The van der Waals surface area contributed by atoms with Gasteiger partial charge in [0.15, 0.2) is 0 Å². The molecule has 0 heterocycles. The van der Waals surface area contributed by atoms with Crippen molar-refractivity contribution in [1.82, 2.24) is 4.90 Å². The fourth-order valence-electron chi connectivity index (χ4n) is 1.50. The molecule has 0 rings (SSSR count). The summed E-state index contributed by atoms with van der Waals surface area (Å²) in [6.07, 6.45) is 0.245. The fraction of sp³-hybridized carbons (Fsp3) is 0.917. The lowest BCUT2D eigenvalue weighted by Gasteiger charge is -2.24. The molecule has 0 aliphatic rings. The Balaban J connectivity index is 4.08. The monoisotopic (exact) mass is 279 g/mol. The van der Waals surface area contributed by atoms with Crippen LogP contribution in [0.2, 0.25) is 0 Å². The first kappa shape index (κ1) is 18.3. The molecule has 0 spiro atoms. The van der Waals surface area contributed by atoms with E-state index in [2.05, 4.69) is 0 Å². The third-order valence-corrected chi connectivity index (χ3v) is 2.47. The van der Waals surface area contributed by atoms with Crippen LogP contribution >= 0.6 is 0 Å². The van der Waals surface area contributed by atoms with Crippen LogP contribution in [0.4, 0.5) is 0 Å². The number of carbonyl (C=O) groups excluding carboxylic acids is 1. The number of aliphatic hydroxyl groups excluding tert-OH is 2. The molecule has 0 aromatic carbocycles. The molecule has 0 radical (unpaired) electrons. The molecular formula is C12H25NO6. The first-order valence-electron chi connectivity index (χ1n) is 6.25. The van der Waals surface area contributed by atoms with Crippen molar-refractivity contribution in [2.24, 2.45) is 0 Å². The maximum Gasteiger partial charge on any atom is 0.209 e. The standard InChI is InChI=1S/C12H25NO6/c1-17-5-3-4-13(10-15)6-12(9-18-2)19-8-11(16)7-14/h10-12,14,16H,3-9H2,1-2H3. The van der Waals surface area contributed by atoms with Crippen LogP contribution in [0.3, 0.4) is 0 Å². The van der Waals surface area contributed by atoms with Gasteiger partial charge < -0.3 is 29.3 Å². The van der Waals surface area contributed by atoms with Crippen LogP contribution < -0.4 is 0 Å². The molecule has 2 N–H and O–H groups in total. The van der Waals surface area contributed by atoms with Crippen LogP contribution in [0.25, 0.3) is 0 Å². The van der Waals surface area contributed by atoms with Gasteiger partial charge in [0.05, 0.1) is 25.9 Å². The Bertz CT molecular complexity index is 216. The highest BCUT2D eigenvalue weighted by Gasteiger charge is 2.15. The number of rotatable bonds is 13. The highest BCUT2D eigenvalue weighted by atomic mass is 16.5. The molecule has 2 atom stereocenters. The minimum atomic E-state index is -0.919. The molecule has 0 fully saturated rings. The van der Waals surface area contributed by atoms with Gasteiger partial charge >= 0.3 is 0 Å². The molecule has 0 aliphatic heterocycles. The lowest BCUT2D eigenvalue weighted by molar-refractivity contribution is -0.122. The highest BCUT2D eigenvalue weighted by Crippen LogP contribution is 2.00. The molecule has 0 bridgehead atoms. The minimum Gasteiger partial charge on any atom is -0.394 e. The third-order valence-electron chi connectivity index (χ3n) is 2.47. The van der Waals surface area contributed by atoms with E-state index in [-0.39, 0.29) is 19.3 Å². The van der Waals surface area contributed by atoms with Gasteiger partial charge in [-0.1, -0.05) is 0 Å². The summed E-state index contributed by atoms with van der Waals surface area (Å²) in [5.41, 5.74) is 0. The number of amides is 1. The number of hydrogen-bond donors (Lipinski definition) is 2. The molecule has 0 saturated heterocycles. The van der Waals surface area contributed by atoms with E-state index in [1.165, 1.54) is 7.11 Å². The molecule has 19 heavy (non-hydrogen) atoms. The van der Waals surface area contributed by atoms with Gasteiger partial charge in [-0.15, -0.1) is 0 Å². The van der Waals surface area contributed by atoms with E-state index in [1.807, 2.05) is 0 Å². The number of methoxy groups -OCH3 is 2.